The first-order chi connectivity index (χ1) is 7.68. The maximum absolute atomic E-state index is 12.0. The molecule has 17 heavy (non-hydrogen) atoms. The van der Waals surface area contributed by atoms with Crippen molar-refractivity contribution < 1.29 is 14.4 Å². The van der Waals surface area contributed by atoms with E-state index in [9.17, 15) is 14.4 Å². The van der Waals surface area contributed by atoms with Gasteiger partial charge in [0.1, 0.15) is 6.42 Å². The highest BCUT2D eigenvalue weighted by molar-refractivity contribution is 6.14. The quantitative estimate of drug-likeness (QED) is 0.693. The van der Waals surface area contributed by atoms with Gasteiger partial charge in [-0.2, -0.15) is 0 Å². The van der Waals surface area contributed by atoms with Gasteiger partial charge in [-0.25, -0.2) is 4.79 Å². The van der Waals surface area contributed by atoms with Crippen LogP contribution in [0.5, 0.6) is 0 Å². The van der Waals surface area contributed by atoms with Gasteiger partial charge < -0.3 is 5.32 Å². The average Bonchev–Trinajstić information content (AvgIpc) is 2.92. The van der Waals surface area contributed by atoms with Crippen LogP contribution in [0, 0.1) is 0 Å². The van der Waals surface area contributed by atoms with E-state index in [1.165, 1.54) is 9.80 Å². The maximum Gasteiger partial charge on any atom is 0.334 e. The number of carbonyl (C=O) groups is 3. The van der Waals surface area contributed by atoms with Crippen molar-refractivity contribution in [2.75, 3.05) is 13.1 Å². The molecule has 0 spiro atoms. The molecule has 6 nitrogen and oxygen atoms in total. The summed E-state index contributed by atoms with van der Waals surface area (Å²) in [6.07, 6.45) is 1.60. The zero-order valence-electron chi connectivity index (χ0n) is 9.22. The molecule has 0 radical (unpaired) electrons. The van der Waals surface area contributed by atoms with E-state index in [1.807, 2.05) is 0 Å². The Hall–Kier alpha value is -1.14. The van der Waals surface area contributed by atoms with Crippen LogP contribution in [0.15, 0.2) is 0 Å². The second-order valence-corrected chi connectivity index (χ2v) is 4.53. The van der Waals surface area contributed by atoms with Gasteiger partial charge in [0.15, 0.2) is 0 Å². The Balaban J connectivity index is 0.00000108. The fraction of sp³-hybridized carbons (Fsp3) is 0.700. The molecule has 0 unspecified atom stereocenters. The van der Waals surface area contributed by atoms with E-state index in [0.29, 0.717) is 13.1 Å². The zero-order chi connectivity index (χ0) is 11.3. The molecule has 94 valence electrons. The second kappa shape index (κ2) is 4.27. The number of nitrogens with one attached hydrogen (secondary N) is 1. The third kappa shape index (κ3) is 1.91. The number of carbonyl (C=O) groups excluding carboxylic acids is 3. The highest BCUT2D eigenvalue weighted by Gasteiger charge is 2.48. The monoisotopic (exact) mass is 259 g/mol. The molecular weight excluding hydrogens is 246 g/mol. The molecule has 1 saturated carbocycles. The van der Waals surface area contributed by atoms with Crippen molar-refractivity contribution in [3.05, 3.63) is 0 Å². The predicted molar refractivity (Wildman–Crippen MR) is 60.6 cm³/mol. The maximum atomic E-state index is 12.0. The number of urea groups is 1. The lowest BCUT2D eigenvalue weighted by atomic mass is 10.1. The molecule has 2 heterocycles. The van der Waals surface area contributed by atoms with Crippen molar-refractivity contribution in [3.63, 3.8) is 0 Å². The molecule has 1 aliphatic carbocycles. The Labute approximate surface area is 105 Å². The van der Waals surface area contributed by atoms with Gasteiger partial charge in [-0.05, 0) is 12.8 Å². The number of hydrogen-bond acceptors (Lipinski definition) is 4. The Morgan fingerprint density at radius 1 is 0.941 bits per heavy atom. The molecule has 0 bridgehead atoms. The van der Waals surface area contributed by atoms with Crippen LogP contribution in [0.3, 0.4) is 0 Å². The zero-order valence-corrected chi connectivity index (χ0v) is 10.0. The minimum Gasteiger partial charge on any atom is -0.312 e. The van der Waals surface area contributed by atoms with Crippen LogP contribution in [-0.4, -0.2) is 52.8 Å². The fourth-order valence-electron chi connectivity index (χ4n) is 2.14. The van der Waals surface area contributed by atoms with Gasteiger partial charge in [-0.15, -0.1) is 12.4 Å². The molecule has 0 aromatic rings. The molecule has 3 fully saturated rings. The van der Waals surface area contributed by atoms with Crippen LogP contribution in [0.2, 0.25) is 0 Å². The van der Waals surface area contributed by atoms with E-state index in [2.05, 4.69) is 5.32 Å². The molecule has 0 aromatic carbocycles. The minimum atomic E-state index is -0.407. The van der Waals surface area contributed by atoms with Gasteiger partial charge in [-0.3, -0.25) is 19.4 Å². The topological polar surface area (TPSA) is 69.7 Å². The smallest absolute Gasteiger partial charge is 0.312 e. The van der Waals surface area contributed by atoms with E-state index < -0.39 is 6.03 Å². The van der Waals surface area contributed by atoms with Gasteiger partial charge >= 0.3 is 6.03 Å². The lowest BCUT2D eigenvalue weighted by molar-refractivity contribution is -0.144. The molecule has 2 saturated heterocycles. The number of rotatable bonds is 2. The van der Waals surface area contributed by atoms with Gasteiger partial charge in [0.25, 0.3) is 0 Å². The third-order valence-corrected chi connectivity index (χ3v) is 3.29. The minimum absolute atomic E-state index is 0. The summed E-state index contributed by atoms with van der Waals surface area (Å²) in [7, 11) is 0. The number of nitrogens with zero attached hydrogens (tertiary/aromatic N) is 2. The molecular formula is C10H14ClN3O3. The summed E-state index contributed by atoms with van der Waals surface area (Å²) in [4.78, 5) is 37.9. The SMILES string of the molecule is Cl.O=C1CC(=O)N(C2CNC2)C(=O)N1C1CC1. The van der Waals surface area contributed by atoms with Crippen molar-refractivity contribution >= 4 is 30.3 Å². The Morgan fingerprint density at radius 3 is 1.88 bits per heavy atom. The molecule has 2 aliphatic heterocycles. The van der Waals surface area contributed by atoms with Gasteiger partial charge in [0.2, 0.25) is 11.8 Å². The van der Waals surface area contributed by atoms with Crippen LogP contribution in [0.1, 0.15) is 19.3 Å². The highest BCUT2D eigenvalue weighted by atomic mass is 35.5. The summed E-state index contributed by atoms with van der Waals surface area (Å²) in [5.74, 6) is -0.681. The van der Waals surface area contributed by atoms with Crippen LogP contribution in [0.25, 0.3) is 0 Å². The second-order valence-electron chi connectivity index (χ2n) is 4.53. The fourth-order valence-corrected chi connectivity index (χ4v) is 2.14. The first kappa shape index (κ1) is 12.3. The van der Waals surface area contributed by atoms with Crippen LogP contribution < -0.4 is 5.32 Å². The molecule has 1 N–H and O–H groups in total. The molecule has 3 rings (SSSR count). The number of halogens is 1. The first-order valence-corrected chi connectivity index (χ1v) is 5.57. The largest absolute Gasteiger partial charge is 0.334 e. The summed E-state index contributed by atoms with van der Waals surface area (Å²) in [6, 6.07) is -0.423. The van der Waals surface area contributed by atoms with Crippen molar-refractivity contribution in [1.29, 1.82) is 0 Å². The lowest BCUT2D eigenvalue weighted by Gasteiger charge is -2.41. The predicted octanol–water partition coefficient (Wildman–Crippen LogP) is -0.277. The number of amides is 4. The summed E-state index contributed by atoms with van der Waals surface area (Å²) in [6.45, 7) is 1.29. The van der Waals surface area contributed by atoms with Gasteiger partial charge in [0, 0.05) is 19.1 Å². The lowest BCUT2D eigenvalue weighted by Crippen LogP contribution is -2.66. The van der Waals surface area contributed by atoms with Crippen molar-refractivity contribution in [2.24, 2.45) is 0 Å². The van der Waals surface area contributed by atoms with E-state index in [1.54, 1.807) is 0 Å². The average molecular weight is 260 g/mol. The molecule has 0 aromatic heterocycles. The van der Waals surface area contributed by atoms with Gasteiger partial charge in [-0.1, -0.05) is 0 Å². The molecule has 4 amide bonds. The summed E-state index contributed by atoms with van der Waals surface area (Å²) < 4.78 is 0. The Morgan fingerprint density at radius 2 is 1.47 bits per heavy atom. The molecule has 0 atom stereocenters. The standard InChI is InChI=1S/C10H13N3O3.ClH/c14-8-3-9(15)13(7-4-11-5-7)10(16)12(8)6-1-2-6;/h6-7,11H,1-5H2;1H. The van der Waals surface area contributed by atoms with E-state index in [4.69, 9.17) is 0 Å². The summed E-state index contributed by atoms with van der Waals surface area (Å²) >= 11 is 0. The van der Waals surface area contributed by atoms with Crippen molar-refractivity contribution in [1.82, 2.24) is 15.1 Å². The van der Waals surface area contributed by atoms with Crippen LogP contribution >= 0.6 is 12.4 Å². The van der Waals surface area contributed by atoms with Crippen molar-refractivity contribution in [2.45, 2.75) is 31.3 Å². The molecule has 3 aliphatic rings. The summed E-state index contributed by atoms with van der Waals surface area (Å²) in [5.41, 5.74) is 0. The van der Waals surface area contributed by atoms with E-state index in [-0.39, 0.29) is 42.7 Å². The van der Waals surface area contributed by atoms with Gasteiger partial charge in [0.05, 0.1) is 6.04 Å². The highest BCUT2D eigenvalue weighted by Crippen LogP contribution is 2.31. The number of imide groups is 2. The van der Waals surface area contributed by atoms with Crippen molar-refractivity contribution in [3.8, 4) is 0 Å². The molecule has 7 heteroatoms. The van der Waals surface area contributed by atoms with E-state index in [0.717, 1.165) is 12.8 Å². The third-order valence-electron chi connectivity index (χ3n) is 3.29. The normalized spacial score (nSPS) is 25.8. The van der Waals surface area contributed by atoms with Crippen LogP contribution in [-0.2, 0) is 9.59 Å². The van der Waals surface area contributed by atoms with E-state index >= 15 is 0 Å². The number of hydrogen-bond donors (Lipinski definition) is 1. The summed E-state index contributed by atoms with van der Waals surface area (Å²) in [5, 5.41) is 3.02. The number of barbiturate groups is 1. The Kier molecular flexibility index (Phi) is 3.09. The Bertz CT molecular complexity index is 379. The first-order valence-electron chi connectivity index (χ1n) is 5.57. The van der Waals surface area contributed by atoms with Crippen LogP contribution in [0.4, 0.5) is 4.79 Å².